The van der Waals surface area contributed by atoms with Gasteiger partial charge in [0.1, 0.15) is 0 Å². The maximum Gasteiger partial charge on any atom is 0.251 e. The Hall–Kier alpha value is -2.21. The van der Waals surface area contributed by atoms with Gasteiger partial charge in [-0.3, -0.25) is 14.6 Å². The van der Waals surface area contributed by atoms with E-state index in [1.807, 2.05) is 25.1 Å². The van der Waals surface area contributed by atoms with Crippen molar-refractivity contribution in [2.45, 2.75) is 13.0 Å². The van der Waals surface area contributed by atoms with Crippen LogP contribution in [0.2, 0.25) is 0 Å². The minimum absolute atomic E-state index is 0.0687. The molecule has 1 heterocycles. The van der Waals surface area contributed by atoms with E-state index in [9.17, 15) is 9.59 Å². The second-order valence-corrected chi connectivity index (χ2v) is 5.68. The predicted molar refractivity (Wildman–Crippen MR) is 87.3 cm³/mol. The van der Waals surface area contributed by atoms with Crippen molar-refractivity contribution in [3.8, 4) is 0 Å². The summed E-state index contributed by atoms with van der Waals surface area (Å²) in [5.41, 5.74) is 1.46. The van der Waals surface area contributed by atoms with Gasteiger partial charge < -0.3 is 10.6 Å². The molecule has 0 radical (unpaired) electrons. The highest BCUT2D eigenvalue weighted by Crippen LogP contribution is 2.11. The number of rotatable bonds is 5. The van der Waals surface area contributed by atoms with E-state index >= 15 is 0 Å². The fourth-order valence-electron chi connectivity index (χ4n) is 1.92. The standard InChI is InChI=1S/C16H16BrN3O2/c1-11(12-5-7-18-8-6-12)20-15(21)10-19-16(22)13-3-2-4-14(17)9-13/h2-9,11H,10H2,1H3,(H,19,22)(H,20,21). The summed E-state index contributed by atoms with van der Waals surface area (Å²) in [6, 6.07) is 10.5. The van der Waals surface area contributed by atoms with Crippen LogP contribution in [0.4, 0.5) is 0 Å². The molecule has 0 saturated carbocycles. The molecule has 6 heteroatoms. The summed E-state index contributed by atoms with van der Waals surface area (Å²) in [6.07, 6.45) is 3.35. The highest BCUT2D eigenvalue weighted by atomic mass is 79.9. The summed E-state index contributed by atoms with van der Waals surface area (Å²) < 4.78 is 0.816. The molecule has 0 aliphatic heterocycles. The van der Waals surface area contributed by atoms with Crippen LogP contribution in [0.5, 0.6) is 0 Å². The number of halogens is 1. The Bertz CT molecular complexity index is 661. The smallest absolute Gasteiger partial charge is 0.251 e. The van der Waals surface area contributed by atoms with Crippen LogP contribution in [-0.4, -0.2) is 23.3 Å². The van der Waals surface area contributed by atoms with E-state index in [2.05, 4.69) is 31.5 Å². The maximum atomic E-state index is 11.9. The largest absolute Gasteiger partial charge is 0.348 e. The molecule has 1 aromatic heterocycles. The van der Waals surface area contributed by atoms with E-state index in [1.165, 1.54) is 0 Å². The van der Waals surface area contributed by atoms with Crippen molar-refractivity contribution >= 4 is 27.7 Å². The van der Waals surface area contributed by atoms with Crippen molar-refractivity contribution < 1.29 is 9.59 Å². The summed E-state index contributed by atoms with van der Waals surface area (Å²) in [4.78, 5) is 27.7. The Morgan fingerprint density at radius 3 is 2.64 bits per heavy atom. The number of benzene rings is 1. The van der Waals surface area contributed by atoms with Crippen LogP contribution < -0.4 is 10.6 Å². The molecule has 114 valence electrons. The maximum absolute atomic E-state index is 11.9. The first-order valence-electron chi connectivity index (χ1n) is 6.79. The molecule has 22 heavy (non-hydrogen) atoms. The zero-order chi connectivity index (χ0) is 15.9. The number of aromatic nitrogens is 1. The van der Waals surface area contributed by atoms with Crippen LogP contribution in [0, 0.1) is 0 Å². The zero-order valence-corrected chi connectivity index (χ0v) is 13.6. The van der Waals surface area contributed by atoms with Gasteiger partial charge >= 0.3 is 0 Å². The Labute approximate surface area is 137 Å². The minimum Gasteiger partial charge on any atom is -0.348 e. The van der Waals surface area contributed by atoms with E-state index in [0.717, 1.165) is 10.0 Å². The average Bonchev–Trinajstić information content (AvgIpc) is 2.53. The second kappa shape index (κ2) is 7.70. The van der Waals surface area contributed by atoms with Gasteiger partial charge in [-0.1, -0.05) is 22.0 Å². The Morgan fingerprint density at radius 1 is 1.23 bits per heavy atom. The Kier molecular flexibility index (Phi) is 5.66. The fourth-order valence-corrected chi connectivity index (χ4v) is 2.32. The monoisotopic (exact) mass is 361 g/mol. The summed E-state index contributed by atoms with van der Waals surface area (Å²) >= 11 is 3.30. The van der Waals surface area contributed by atoms with Gasteiger partial charge in [0, 0.05) is 22.4 Å². The molecular weight excluding hydrogens is 346 g/mol. The summed E-state index contributed by atoms with van der Waals surface area (Å²) in [7, 11) is 0. The molecule has 1 aromatic carbocycles. The molecule has 0 aliphatic rings. The van der Waals surface area contributed by atoms with Crippen molar-refractivity contribution in [1.29, 1.82) is 0 Å². The van der Waals surface area contributed by atoms with Gasteiger partial charge in [0.15, 0.2) is 0 Å². The van der Waals surface area contributed by atoms with E-state index in [1.54, 1.807) is 30.6 Å². The van der Waals surface area contributed by atoms with Gasteiger partial charge in [0.2, 0.25) is 5.91 Å². The Balaban J connectivity index is 1.84. The summed E-state index contributed by atoms with van der Waals surface area (Å²) in [5, 5.41) is 5.42. The average molecular weight is 362 g/mol. The third kappa shape index (κ3) is 4.66. The Morgan fingerprint density at radius 2 is 1.95 bits per heavy atom. The van der Waals surface area contributed by atoms with Crippen LogP contribution in [0.15, 0.2) is 53.3 Å². The molecule has 0 bridgehead atoms. The number of nitrogens with zero attached hydrogens (tertiary/aromatic N) is 1. The molecule has 2 N–H and O–H groups in total. The van der Waals surface area contributed by atoms with Gasteiger partial charge in [-0.05, 0) is 42.8 Å². The van der Waals surface area contributed by atoms with Crippen LogP contribution >= 0.6 is 15.9 Å². The first kappa shape index (κ1) is 16.2. The van der Waals surface area contributed by atoms with E-state index in [-0.39, 0.29) is 24.4 Å². The molecule has 5 nitrogen and oxygen atoms in total. The molecule has 0 fully saturated rings. The first-order chi connectivity index (χ1) is 10.6. The van der Waals surface area contributed by atoms with E-state index in [4.69, 9.17) is 0 Å². The molecule has 2 rings (SSSR count). The van der Waals surface area contributed by atoms with Gasteiger partial charge in [-0.2, -0.15) is 0 Å². The van der Waals surface area contributed by atoms with Crippen LogP contribution in [0.25, 0.3) is 0 Å². The molecule has 0 saturated heterocycles. The molecule has 0 spiro atoms. The number of pyridine rings is 1. The van der Waals surface area contributed by atoms with Crippen molar-refractivity contribution in [1.82, 2.24) is 15.6 Å². The van der Waals surface area contributed by atoms with Gasteiger partial charge in [-0.15, -0.1) is 0 Å². The molecule has 2 aromatic rings. The van der Waals surface area contributed by atoms with Gasteiger partial charge in [0.05, 0.1) is 12.6 Å². The molecular formula is C16H16BrN3O2. The predicted octanol–water partition coefficient (Wildman–Crippen LogP) is 2.45. The number of carbonyl (C=O) groups is 2. The van der Waals surface area contributed by atoms with E-state index in [0.29, 0.717) is 5.56 Å². The lowest BCUT2D eigenvalue weighted by molar-refractivity contribution is -0.120. The molecule has 2 amide bonds. The fraction of sp³-hybridized carbons (Fsp3) is 0.188. The SMILES string of the molecule is CC(NC(=O)CNC(=O)c1cccc(Br)c1)c1ccncc1. The third-order valence-corrected chi connectivity index (χ3v) is 3.57. The molecule has 1 atom stereocenters. The number of carbonyl (C=O) groups excluding carboxylic acids is 2. The number of hydrogen-bond donors (Lipinski definition) is 2. The highest BCUT2D eigenvalue weighted by Gasteiger charge is 2.11. The highest BCUT2D eigenvalue weighted by molar-refractivity contribution is 9.10. The number of hydrogen-bond acceptors (Lipinski definition) is 3. The summed E-state index contributed by atoms with van der Waals surface area (Å²) in [5.74, 6) is -0.527. The molecule has 0 aliphatic carbocycles. The van der Waals surface area contributed by atoms with Crippen molar-refractivity contribution in [2.75, 3.05) is 6.54 Å². The third-order valence-electron chi connectivity index (χ3n) is 3.08. The number of nitrogens with one attached hydrogen (secondary N) is 2. The van der Waals surface area contributed by atoms with Crippen molar-refractivity contribution in [2.24, 2.45) is 0 Å². The zero-order valence-electron chi connectivity index (χ0n) is 12.0. The van der Waals surface area contributed by atoms with Crippen LogP contribution in [0.3, 0.4) is 0 Å². The minimum atomic E-state index is -0.284. The topological polar surface area (TPSA) is 71.1 Å². The van der Waals surface area contributed by atoms with Crippen molar-refractivity contribution in [3.63, 3.8) is 0 Å². The quantitative estimate of drug-likeness (QED) is 0.858. The lowest BCUT2D eigenvalue weighted by Crippen LogP contribution is -2.38. The molecule has 1 unspecified atom stereocenters. The second-order valence-electron chi connectivity index (χ2n) is 4.76. The normalized spacial score (nSPS) is 11.5. The lowest BCUT2D eigenvalue weighted by Gasteiger charge is -2.14. The van der Waals surface area contributed by atoms with Gasteiger partial charge in [-0.25, -0.2) is 0 Å². The van der Waals surface area contributed by atoms with Crippen LogP contribution in [-0.2, 0) is 4.79 Å². The lowest BCUT2D eigenvalue weighted by atomic mass is 10.1. The summed E-state index contributed by atoms with van der Waals surface area (Å²) in [6.45, 7) is 1.81. The van der Waals surface area contributed by atoms with Crippen LogP contribution in [0.1, 0.15) is 28.9 Å². The van der Waals surface area contributed by atoms with E-state index < -0.39 is 0 Å². The number of amides is 2. The van der Waals surface area contributed by atoms with Crippen molar-refractivity contribution in [3.05, 3.63) is 64.4 Å². The first-order valence-corrected chi connectivity index (χ1v) is 7.58. The van der Waals surface area contributed by atoms with Gasteiger partial charge in [0.25, 0.3) is 5.91 Å².